The summed E-state index contributed by atoms with van der Waals surface area (Å²) in [7, 11) is 0. The number of benzene rings is 1. The Hall–Kier alpha value is -1.77. The van der Waals surface area contributed by atoms with Crippen LogP contribution in [0.1, 0.15) is 25.5 Å². The maximum absolute atomic E-state index is 5.66. The van der Waals surface area contributed by atoms with Crippen LogP contribution in [0.2, 0.25) is 0 Å². The predicted octanol–water partition coefficient (Wildman–Crippen LogP) is 3.09. The largest absolute Gasteiger partial charge is 0.490 e. The third kappa shape index (κ3) is 3.34. The Morgan fingerprint density at radius 3 is 2.65 bits per heavy atom. The molecule has 90 valence electrons. The van der Waals surface area contributed by atoms with Gasteiger partial charge in [0.1, 0.15) is 0 Å². The molecule has 0 aliphatic carbocycles. The van der Waals surface area contributed by atoms with Gasteiger partial charge in [0.15, 0.2) is 5.75 Å². The van der Waals surface area contributed by atoms with Gasteiger partial charge in [-0.05, 0) is 19.4 Å². The van der Waals surface area contributed by atoms with Crippen LogP contribution in [0.4, 0.5) is 0 Å². The van der Waals surface area contributed by atoms with Crippen LogP contribution in [0.25, 0.3) is 0 Å². The van der Waals surface area contributed by atoms with E-state index in [1.165, 1.54) is 5.56 Å². The quantitative estimate of drug-likeness (QED) is 0.789. The summed E-state index contributed by atoms with van der Waals surface area (Å²) in [6, 6.07) is 10.7. The van der Waals surface area contributed by atoms with E-state index in [-0.39, 0.29) is 0 Å². The van der Waals surface area contributed by atoms with Gasteiger partial charge in [-0.25, -0.2) is 0 Å². The lowest BCUT2D eigenvalue weighted by molar-refractivity contribution is 0.321. The minimum Gasteiger partial charge on any atom is -0.490 e. The van der Waals surface area contributed by atoms with Crippen LogP contribution in [-0.2, 0) is 6.42 Å². The molecule has 17 heavy (non-hydrogen) atoms. The molecule has 0 aliphatic rings. The van der Waals surface area contributed by atoms with Crippen molar-refractivity contribution in [2.24, 2.45) is 0 Å². The van der Waals surface area contributed by atoms with Crippen LogP contribution in [0.5, 0.6) is 5.75 Å². The number of ether oxygens (including phenoxy) is 1. The first-order valence-electron chi connectivity index (χ1n) is 5.96. The monoisotopic (exact) mass is 230 g/mol. The second-order valence-electron chi connectivity index (χ2n) is 4.33. The minimum atomic E-state index is 0.376. The Morgan fingerprint density at radius 2 is 2.00 bits per heavy atom. The van der Waals surface area contributed by atoms with E-state index in [2.05, 4.69) is 31.1 Å². The average Bonchev–Trinajstić information content (AvgIpc) is 2.79. The van der Waals surface area contributed by atoms with E-state index in [0.717, 1.165) is 12.2 Å². The molecule has 1 heterocycles. The molecule has 0 radical (unpaired) electrons. The molecule has 0 amide bonds. The van der Waals surface area contributed by atoms with Crippen LogP contribution in [0.3, 0.4) is 0 Å². The Bertz CT molecular complexity index is 448. The van der Waals surface area contributed by atoms with Crippen LogP contribution < -0.4 is 4.74 Å². The topological polar surface area (TPSA) is 27.1 Å². The Labute approximate surface area is 102 Å². The summed E-state index contributed by atoms with van der Waals surface area (Å²) < 4.78 is 7.56. The van der Waals surface area contributed by atoms with E-state index in [4.69, 9.17) is 4.74 Å². The molecule has 3 heteroatoms. The van der Waals surface area contributed by atoms with Gasteiger partial charge in [-0.15, -0.1) is 0 Å². The van der Waals surface area contributed by atoms with E-state index in [9.17, 15) is 0 Å². The molecule has 1 aromatic heterocycles. The molecule has 0 aliphatic heterocycles. The second-order valence-corrected chi connectivity index (χ2v) is 4.33. The molecule has 0 bridgehead atoms. The fourth-order valence-electron chi connectivity index (χ4n) is 1.61. The van der Waals surface area contributed by atoms with Crippen molar-refractivity contribution in [2.75, 3.05) is 6.61 Å². The van der Waals surface area contributed by atoms with Gasteiger partial charge in [-0.2, -0.15) is 5.10 Å². The lowest BCUT2D eigenvalue weighted by Gasteiger charge is -2.04. The maximum Gasteiger partial charge on any atom is 0.157 e. The Balaban J connectivity index is 1.82. The van der Waals surface area contributed by atoms with E-state index in [0.29, 0.717) is 12.6 Å². The first-order chi connectivity index (χ1) is 8.25. The summed E-state index contributed by atoms with van der Waals surface area (Å²) in [5.74, 6) is 0.842. The predicted molar refractivity (Wildman–Crippen MR) is 68.3 cm³/mol. The molecule has 0 fully saturated rings. The number of nitrogens with zero attached hydrogens (tertiary/aromatic N) is 2. The number of rotatable bonds is 5. The van der Waals surface area contributed by atoms with Crippen molar-refractivity contribution in [2.45, 2.75) is 26.3 Å². The molecule has 0 N–H and O–H groups in total. The normalized spacial score (nSPS) is 10.8. The number of hydrogen-bond donors (Lipinski definition) is 0. The highest BCUT2D eigenvalue weighted by Gasteiger charge is 2.02. The van der Waals surface area contributed by atoms with Crippen LogP contribution >= 0.6 is 0 Å². The van der Waals surface area contributed by atoms with Gasteiger partial charge in [0.05, 0.1) is 19.0 Å². The molecule has 0 saturated heterocycles. The van der Waals surface area contributed by atoms with Gasteiger partial charge in [0, 0.05) is 12.5 Å². The van der Waals surface area contributed by atoms with E-state index >= 15 is 0 Å². The zero-order chi connectivity index (χ0) is 12.1. The summed E-state index contributed by atoms with van der Waals surface area (Å²) in [5.41, 5.74) is 1.30. The fourth-order valence-corrected chi connectivity index (χ4v) is 1.61. The first-order valence-corrected chi connectivity index (χ1v) is 5.96. The average molecular weight is 230 g/mol. The summed E-state index contributed by atoms with van der Waals surface area (Å²) in [5, 5.41) is 4.23. The molecule has 3 nitrogen and oxygen atoms in total. The highest BCUT2D eigenvalue weighted by Crippen LogP contribution is 2.12. The lowest BCUT2D eigenvalue weighted by atomic mass is 10.2. The highest BCUT2D eigenvalue weighted by atomic mass is 16.5. The zero-order valence-corrected chi connectivity index (χ0v) is 10.3. The molecule has 0 saturated carbocycles. The molecule has 2 aromatic rings. The zero-order valence-electron chi connectivity index (χ0n) is 10.3. The third-order valence-electron chi connectivity index (χ3n) is 2.61. The summed E-state index contributed by atoms with van der Waals surface area (Å²) in [6.07, 6.45) is 4.63. The molecule has 0 atom stereocenters. The number of hydrogen-bond acceptors (Lipinski definition) is 2. The molecular weight excluding hydrogens is 212 g/mol. The highest BCUT2D eigenvalue weighted by molar-refractivity contribution is 5.16. The van der Waals surface area contributed by atoms with Gasteiger partial charge in [-0.1, -0.05) is 30.3 Å². The van der Waals surface area contributed by atoms with E-state index in [1.54, 1.807) is 6.20 Å². The SMILES string of the molecule is CC(C)n1cc(OCCc2ccccc2)cn1. The van der Waals surface area contributed by atoms with Gasteiger partial charge in [-0.3, -0.25) is 4.68 Å². The summed E-state index contributed by atoms with van der Waals surface area (Å²) >= 11 is 0. The standard InChI is InChI=1S/C14H18N2O/c1-12(2)16-11-14(10-15-16)17-9-8-13-6-4-3-5-7-13/h3-7,10-12H,8-9H2,1-2H3. The van der Waals surface area contributed by atoms with Gasteiger partial charge in [0.2, 0.25) is 0 Å². The van der Waals surface area contributed by atoms with Crippen molar-refractivity contribution in [1.82, 2.24) is 9.78 Å². The van der Waals surface area contributed by atoms with Crippen molar-refractivity contribution in [3.8, 4) is 5.75 Å². The molecule has 0 unspecified atom stereocenters. The third-order valence-corrected chi connectivity index (χ3v) is 2.61. The maximum atomic E-state index is 5.66. The minimum absolute atomic E-state index is 0.376. The Morgan fingerprint density at radius 1 is 1.24 bits per heavy atom. The molecular formula is C14H18N2O. The van der Waals surface area contributed by atoms with Crippen molar-refractivity contribution >= 4 is 0 Å². The van der Waals surface area contributed by atoms with Crippen molar-refractivity contribution in [3.05, 3.63) is 48.3 Å². The van der Waals surface area contributed by atoms with Crippen molar-refractivity contribution in [3.63, 3.8) is 0 Å². The van der Waals surface area contributed by atoms with Crippen molar-refractivity contribution in [1.29, 1.82) is 0 Å². The summed E-state index contributed by atoms with van der Waals surface area (Å²) in [4.78, 5) is 0. The first kappa shape index (κ1) is 11.7. The molecule has 1 aromatic carbocycles. The fraction of sp³-hybridized carbons (Fsp3) is 0.357. The lowest BCUT2D eigenvalue weighted by Crippen LogP contribution is -2.01. The van der Waals surface area contributed by atoms with E-state index in [1.807, 2.05) is 29.1 Å². The van der Waals surface area contributed by atoms with E-state index < -0.39 is 0 Å². The van der Waals surface area contributed by atoms with Gasteiger partial charge in [0.25, 0.3) is 0 Å². The smallest absolute Gasteiger partial charge is 0.157 e. The van der Waals surface area contributed by atoms with Gasteiger partial charge < -0.3 is 4.74 Å². The second kappa shape index (κ2) is 5.53. The summed E-state index contributed by atoms with van der Waals surface area (Å²) in [6.45, 7) is 4.88. The van der Waals surface area contributed by atoms with Crippen LogP contribution in [0, 0.1) is 0 Å². The van der Waals surface area contributed by atoms with Crippen molar-refractivity contribution < 1.29 is 4.74 Å². The Kier molecular flexibility index (Phi) is 3.81. The van der Waals surface area contributed by atoms with Gasteiger partial charge >= 0.3 is 0 Å². The number of aromatic nitrogens is 2. The van der Waals surface area contributed by atoms with Crippen LogP contribution in [0.15, 0.2) is 42.7 Å². The molecule has 2 rings (SSSR count). The van der Waals surface area contributed by atoms with Crippen LogP contribution in [-0.4, -0.2) is 16.4 Å². The molecule has 0 spiro atoms.